The SMILES string of the molecule is CNCc1c(C)nn(C)c1Sc1nc2ccccc2[nH]1. The highest BCUT2D eigenvalue weighted by Crippen LogP contribution is 2.31. The Balaban J connectivity index is 1.98. The van der Waals surface area contributed by atoms with Gasteiger partial charge in [0.05, 0.1) is 16.7 Å². The van der Waals surface area contributed by atoms with Crippen LogP contribution in [0.1, 0.15) is 11.3 Å². The Morgan fingerprint density at radius 2 is 2.15 bits per heavy atom. The third-order valence-corrected chi connectivity index (χ3v) is 4.29. The van der Waals surface area contributed by atoms with Crippen LogP contribution >= 0.6 is 11.8 Å². The summed E-state index contributed by atoms with van der Waals surface area (Å²) in [5.74, 6) is 0. The molecule has 3 aromatic rings. The van der Waals surface area contributed by atoms with Crippen LogP contribution in [0.4, 0.5) is 0 Å². The highest BCUT2D eigenvalue weighted by Gasteiger charge is 2.15. The van der Waals surface area contributed by atoms with Gasteiger partial charge in [0.25, 0.3) is 0 Å². The van der Waals surface area contributed by atoms with Crippen LogP contribution in [0.3, 0.4) is 0 Å². The quantitative estimate of drug-likeness (QED) is 0.774. The maximum atomic E-state index is 4.61. The van der Waals surface area contributed by atoms with Gasteiger partial charge in [0, 0.05) is 19.2 Å². The first-order valence-electron chi connectivity index (χ1n) is 6.48. The number of hydrogen-bond donors (Lipinski definition) is 2. The second-order valence-corrected chi connectivity index (χ2v) is 5.66. The summed E-state index contributed by atoms with van der Waals surface area (Å²) < 4.78 is 1.92. The number of aromatic nitrogens is 4. The zero-order chi connectivity index (χ0) is 14.1. The average molecular weight is 287 g/mol. The van der Waals surface area contributed by atoms with Crippen molar-refractivity contribution in [2.75, 3.05) is 7.05 Å². The van der Waals surface area contributed by atoms with E-state index in [0.717, 1.165) is 33.5 Å². The molecule has 0 fully saturated rings. The number of imidazole rings is 1. The van der Waals surface area contributed by atoms with Gasteiger partial charge in [0.1, 0.15) is 5.03 Å². The van der Waals surface area contributed by atoms with E-state index >= 15 is 0 Å². The van der Waals surface area contributed by atoms with Crippen molar-refractivity contribution in [3.05, 3.63) is 35.5 Å². The highest BCUT2D eigenvalue weighted by molar-refractivity contribution is 7.99. The van der Waals surface area contributed by atoms with Crippen LogP contribution in [0.2, 0.25) is 0 Å². The van der Waals surface area contributed by atoms with E-state index in [4.69, 9.17) is 0 Å². The van der Waals surface area contributed by atoms with Gasteiger partial charge in [0.2, 0.25) is 0 Å². The normalized spacial score (nSPS) is 11.3. The molecule has 0 spiro atoms. The molecule has 0 aliphatic carbocycles. The molecule has 6 heteroatoms. The van der Waals surface area contributed by atoms with Gasteiger partial charge in [-0.25, -0.2) is 4.98 Å². The summed E-state index contributed by atoms with van der Waals surface area (Å²) >= 11 is 1.62. The lowest BCUT2D eigenvalue weighted by Gasteiger charge is -2.03. The van der Waals surface area contributed by atoms with Crippen LogP contribution < -0.4 is 5.32 Å². The molecule has 2 N–H and O–H groups in total. The number of hydrogen-bond acceptors (Lipinski definition) is 4. The Bertz CT molecular complexity index is 710. The van der Waals surface area contributed by atoms with E-state index in [1.807, 2.05) is 50.0 Å². The van der Waals surface area contributed by atoms with Crippen molar-refractivity contribution in [1.82, 2.24) is 25.1 Å². The fraction of sp³-hybridized carbons (Fsp3) is 0.286. The molecule has 5 nitrogen and oxygen atoms in total. The molecule has 0 aliphatic rings. The second kappa shape index (κ2) is 5.30. The molecule has 104 valence electrons. The smallest absolute Gasteiger partial charge is 0.172 e. The number of aromatic amines is 1. The lowest BCUT2D eigenvalue weighted by atomic mass is 10.3. The van der Waals surface area contributed by atoms with Gasteiger partial charge in [-0.05, 0) is 37.9 Å². The van der Waals surface area contributed by atoms with Crippen molar-refractivity contribution in [2.24, 2.45) is 7.05 Å². The van der Waals surface area contributed by atoms with Gasteiger partial charge >= 0.3 is 0 Å². The maximum absolute atomic E-state index is 4.61. The summed E-state index contributed by atoms with van der Waals surface area (Å²) in [6, 6.07) is 8.06. The number of rotatable bonds is 4. The molecule has 0 unspecified atom stereocenters. The van der Waals surface area contributed by atoms with Crippen molar-refractivity contribution in [1.29, 1.82) is 0 Å². The Kier molecular flexibility index (Phi) is 3.50. The molecule has 0 saturated carbocycles. The van der Waals surface area contributed by atoms with Crippen molar-refractivity contribution >= 4 is 22.8 Å². The van der Waals surface area contributed by atoms with Gasteiger partial charge in [0.15, 0.2) is 5.16 Å². The number of fused-ring (bicyclic) bond motifs is 1. The number of benzene rings is 1. The zero-order valence-corrected chi connectivity index (χ0v) is 12.6. The van der Waals surface area contributed by atoms with E-state index in [9.17, 15) is 0 Å². The van der Waals surface area contributed by atoms with E-state index in [0.29, 0.717) is 0 Å². The van der Waals surface area contributed by atoms with Gasteiger partial charge < -0.3 is 10.3 Å². The van der Waals surface area contributed by atoms with Crippen molar-refractivity contribution in [2.45, 2.75) is 23.7 Å². The molecular weight excluding hydrogens is 270 g/mol. The lowest BCUT2D eigenvalue weighted by molar-refractivity contribution is 0.683. The predicted octanol–water partition coefficient (Wildman–Crippen LogP) is 2.48. The lowest BCUT2D eigenvalue weighted by Crippen LogP contribution is -2.06. The fourth-order valence-electron chi connectivity index (χ4n) is 2.26. The molecule has 20 heavy (non-hydrogen) atoms. The third-order valence-electron chi connectivity index (χ3n) is 3.20. The van der Waals surface area contributed by atoms with Crippen LogP contribution in [0, 0.1) is 6.92 Å². The molecule has 3 rings (SSSR count). The topological polar surface area (TPSA) is 58.5 Å². The summed E-state index contributed by atoms with van der Waals surface area (Å²) in [5.41, 5.74) is 4.33. The van der Waals surface area contributed by atoms with E-state index in [1.54, 1.807) is 11.8 Å². The van der Waals surface area contributed by atoms with Crippen LogP contribution in [0.25, 0.3) is 11.0 Å². The molecule has 0 radical (unpaired) electrons. The molecule has 0 aliphatic heterocycles. The molecule has 0 atom stereocenters. The van der Waals surface area contributed by atoms with Gasteiger partial charge in [-0.15, -0.1) is 0 Å². The molecule has 0 bridgehead atoms. The van der Waals surface area contributed by atoms with E-state index in [-0.39, 0.29) is 0 Å². The van der Waals surface area contributed by atoms with Crippen molar-refractivity contribution in [3.8, 4) is 0 Å². The Labute approximate surface area is 121 Å². The fourth-order valence-corrected chi connectivity index (χ4v) is 3.26. The van der Waals surface area contributed by atoms with E-state index in [2.05, 4.69) is 20.4 Å². The predicted molar refractivity (Wildman–Crippen MR) is 80.9 cm³/mol. The van der Waals surface area contributed by atoms with Crippen LogP contribution in [-0.4, -0.2) is 26.8 Å². The van der Waals surface area contributed by atoms with Crippen LogP contribution in [0.15, 0.2) is 34.4 Å². The van der Waals surface area contributed by atoms with Gasteiger partial charge in [-0.1, -0.05) is 12.1 Å². The van der Waals surface area contributed by atoms with Crippen molar-refractivity contribution < 1.29 is 0 Å². The Morgan fingerprint density at radius 3 is 2.90 bits per heavy atom. The van der Waals surface area contributed by atoms with Crippen molar-refractivity contribution in [3.63, 3.8) is 0 Å². The maximum Gasteiger partial charge on any atom is 0.172 e. The zero-order valence-electron chi connectivity index (χ0n) is 11.8. The summed E-state index contributed by atoms with van der Waals surface area (Å²) in [6.07, 6.45) is 0. The standard InChI is InChI=1S/C14H17N5S/c1-9-10(8-15-2)13(19(3)18-9)20-14-16-11-6-4-5-7-12(11)17-14/h4-7,15H,8H2,1-3H3,(H,16,17). The summed E-state index contributed by atoms with van der Waals surface area (Å²) in [6.45, 7) is 2.84. The summed E-state index contributed by atoms with van der Waals surface area (Å²) in [4.78, 5) is 7.95. The Hall–Kier alpha value is -1.79. The average Bonchev–Trinajstić information content (AvgIpc) is 2.94. The molecular formula is C14H17N5S. The van der Waals surface area contributed by atoms with Crippen LogP contribution in [0.5, 0.6) is 0 Å². The first kappa shape index (κ1) is 13.2. The minimum absolute atomic E-state index is 0.808. The number of nitrogens with one attached hydrogen (secondary N) is 2. The van der Waals surface area contributed by atoms with Gasteiger partial charge in [-0.3, -0.25) is 4.68 Å². The molecule has 1 aromatic carbocycles. The second-order valence-electron chi connectivity index (χ2n) is 4.68. The van der Waals surface area contributed by atoms with E-state index in [1.165, 1.54) is 5.56 Å². The van der Waals surface area contributed by atoms with Gasteiger partial charge in [-0.2, -0.15) is 5.10 Å². The minimum Gasteiger partial charge on any atom is -0.333 e. The molecule has 0 saturated heterocycles. The Morgan fingerprint density at radius 1 is 1.35 bits per heavy atom. The largest absolute Gasteiger partial charge is 0.333 e. The first-order valence-corrected chi connectivity index (χ1v) is 7.30. The monoisotopic (exact) mass is 287 g/mol. The summed E-state index contributed by atoms with van der Waals surface area (Å²) in [7, 11) is 3.92. The van der Waals surface area contributed by atoms with Crippen LogP contribution in [-0.2, 0) is 13.6 Å². The number of para-hydroxylation sites is 2. The summed E-state index contributed by atoms with van der Waals surface area (Å²) in [5, 5.41) is 9.70. The van der Waals surface area contributed by atoms with E-state index < -0.39 is 0 Å². The number of nitrogens with zero attached hydrogens (tertiary/aromatic N) is 3. The number of aryl methyl sites for hydroxylation is 2. The highest BCUT2D eigenvalue weighted by atomic mass is 32.2. The molecule has 2 heterocycles. The first-order chi connectivity index (χ1) is 9.69. The molecule has 2 aromatic heterocycles. The number of H-pyrrole nitrogens is 1. The third kappa shape index (κ3) is 2.32. The minimum atomic E-state index is 0.808. The molecule has 0 amide bonds.